The second-order valence-electron chi connectivity index (χ2n) is 5.06. The van der Waals surface area contributed by atoms with E-state index in [0.29, 0.717) is 0 Å². The fourth-order valence-electron chi connectivity index (χ4n) is 2.58. The predicted octanol–water partition coefficient (Wildman–Crippen LogP) is 1.96. The van der Waals surface area contributed by atoms with Crippen molar-refractivity contribution >= 4 is 17.3 Å². The maximum absolute atomic E-state index is 12.4. The van der Waals surface area contributed by atoms with Gasteiger partial charge in [0.15, 0.2) is 0 Å². The highest BCUT2D eigenvalue weighted by molar-refractivity contribution is 5.98. The molecule has 0 aliphatic carbocycles. The summed E-state index contributed by atoms with van der Waals surface area (Å²) in [5.41, 5.74) is 3.96. The van der Waals surface area contributed by atoms with Crippen molar-refractivity contribution in [2.75, 3.05) is 10.6 Å². The third-order valence-electron chi connectivity index (χ3n) is 3.59. The SMILES string of the molecule is CCc1nn(C)cc1NC(=O)[C@@H]1Cc2ccccc2N1. The number of para-hydroxylation sites is 1. The summed E-state index contributed by atoms with van der Waals surface area (Å²) in [5, 5.41) is 10.6. The molecule has 5 heteroatoms. The van der Waals surface area contributed by atoms with E-state index in [-0.39, 0.29) is 11.9 Å². The summed E-state index contributed by atoms with van der Waals surface area (Å²) in [7, 11) is 1.86. The lowest BCUT2D eigenvalue weighted by Gasteiger charge is -2.11. The number of nitrogens with one attached hydrogen (secondary N) is 2. The number of benzene rings is 1. The Bertz CT molecular complexity index is 622. The molecule has 20 heavy (non-hydrogen) atoms. The molecule has 1 aliphatic heterocycles. The molecule has 1 aromatic carbocycles. The zero-order valence-corrected chi connectivity index (χ0v) is 11.7. The van der Waals surface area contributed by atoms with Crippen molar-refractivity contribution in [3.63, 3.8) is 0 Å². The van der Waals surface area contributed by atoms with E-state index in [2.05, 4.69) is 21.8 Å². The van der Waals surface area contributed by atoms with Gasteiger partial charge in [0.25, 0.3) is 0 Å². The maximum Gasteiger partial charge on any atom is 0.247 e. The summed E-state index contributed by atoms with van der Waals surface area (Å²) < 4.78 is 1.73. The lowest BCUT2D eigenvalue weighted by Crippen LogP contribution is -2.32. The minimum absolute atomic E-state index is 0.0103. The van der Waals surface area contributed by atoms with E-state index in [1.54, 1.807) is 4.68 Å². The van der Waals surface area contributed by atoms with Crippen molar-refractivity contribution in [1.82, 2.24) is 9.78 Å². The van der Waals surface area contributed by atoms with E-state index in [9.17, 15) is 4.79 Å². The van der Waals surface area contributed by atoms with Gasteiger partial charge in [0.05, 0.1) is 11.4 Å². The molecule has 2 aromatic rings. The van der Waals surface area contributed by atoms with Gasteiger partial charge in [-0.3, -0.25) is 9.48 Å². The Hall–Kier alpha value is -2.30. The lowest BCUT2D eigenvalue weighted by molar-refractivity contribution is -0.116. The molecule has 104 valence electrons. The van der Waals surface area contributed by atoms with Gasteiger partial charge in [-0.1, -0.05) is 25.1 Å². The largest absolute Gasteiger partial charge is 0.373 e. The van der Waals surface area contributed by atoms with Crippen LogP contribution in [0, 0.1) is 0 Å². The molecule has 5 nitrogen and oxygen atoms in total. The first kappa shape index (κ1) is 12.7. The molecule has 2 N–H and O–H groups in total. The molecule has 1 atom stereocenters. The molecule has 1 aliphatic rings. The molecule has 0 saturated heterocycles. The normalized spacial score (nSPS) is 16.6. The van der Waals surface area contributed by atoms with Crippen molar-refractivity contribution in [1.29, 1.82) is 0 Å². The molecule has 1 aromatic heterocycles. The fourth-order valence-corrected chi connectivity index (χ4v) is 2.58. The van der Waals surface area contributed by atoms with E-state index in [0.717, 1.165) is 29.9 Å². The third-order valence-corrected chi connectivity index (χ3v) is 3.59. The minimum atomic E-state index is -0.211. The Balaban J connectivity index is 1.72. The molecular weight excluding hydrogens is 252 g/mol. The Morgan fingerprint density at radius 3 is 3.05 bits per heavy atom. The van der Waals surface area contributed by atoms with Crippen molar-refractivity contribution in [3.05, 3.63) is 41.7 Å². The standard InChI is InChI=1S/C15H18N4O/c1-3-11-14(9-19(2)18-11)17-15(20)13-8-10-6-4-5-7-12(10)16-13/h4-7,9,13,16H,3,8H2,1-2H3,(H,17,20)/t13-/m0/s1. The number of hydrogen-bond acceptors (Lipinski definition) is 3. The first-order valence-electron chi connectivity index (χ1n) is 6.85. The van der Waals surface area contributed by atoms with E-state index in [4.69, 9.17) is 0 Å². The lowest BCUT2D eigenvalue weighted by atomic mass is 10.1. The number of hydrogen-bond donors (Lipinski definition) is 2. The average molecular weight is 270 g/mol. The van der Waals surface area contributed by atoms with Crippen molar-refractivity contribution in [3.8, 4) is 0 Å². The molecule has 2 heterocycles. The first-order chi connectivity index (χ1) is 9.67. The summed E-state index contributed by atoms with van der Waals surface area (Å²) in [6.07, 6.45) is 3.37. The molecule has 0 unspecified atom stereocenters. The molecule has 0 spiro atoms. The smallest absolute Gasteiger partial charge is 0.247 e. The van der Waals surface area contributed by atoms with Crippen molar-refractivity contribution in [2.45, 2.75) is 25.8 Å². The third kappa shape index (κ3) is 2.27. The highest BCUT2D eigenvalue weighted by Crippen LogP contribution is 2.26. The number of aryl methyl sites for hydroxylation is 2. The molecule has 0 saturated carbocycles. The van der Waals surface area contributed by atoms with Gasteiger partial charge >= 0.3 is 0 Å². The fraction of sp³-hybridized carbons (Fsp3) is 0.333. The Kier molecular flexibility index (Phi) is 3.18. The van der Waals surface area contributed by atoms with Crippen LogP contribution in [0.25, 0.3) is 0 Å². The number of carbonyl (C=O) groups is 1. The van der Waals surface area contributed by atoms with Crippen LogP contribution in [0.2, 0.25) is 0 Å². The van der Waals surface area contributed by atoms with Crippen LogP contribution in [0.4, 0.5) is 11.4 Å². The van der Waals surface area contributed by atoms with Gasteiger partial charge in [-0.15, -0.1) is 0 Å². The number of aromatic nitrogens is 2. The monoisotopic (exact) mass is 270 g/mol. The Morgan fingerprint density at radius 2 is 2.30 bits per heavy atom. The summed E-state index contributed by atoms with van der Waals surface area (Å²) >= 11 is 0. The van der Waals surface area contributed by atoms with Gasteiger partial charge in [-0.2, -0.15) is 5.10 Å². The zero-order chi connectivity index (χ0) is 14.1. The predicted molar refractivity (Wildman–Crippen MR) is 78.8 cm³/mol. The van der Waals surface area contributed by atoms with Crippen LogP contribution in [-0.2, 0) is 24.7 Å². The van der Waals surface area contributed by atoms with Crippen LogP contribution in [0.3, 0.4) is 0 Å². The van der Waals surface area contributed by atoms with Crippen LogP contribution in [-0.4, -0.2) is 21.7 Å². The van der Waals surface area contributed by atoms with E-state index in [1.165, 1.54) is 5.56 Å². The number of anilines is 2. The number of rotatable bonds is 3. The van der Waals surface area contributed by atoms with Gasteiger partial charge in [0, 0.05) is 25.4 Å². The van der Waals surface area contributed by atoms with Gasteiger partial charge in [0.2, 0.25) is 5.91 Å². The van der Waals surface area contributed by atoms with Gasteiger partial charge < -0.3 is 10.6 Å². The molecule has 1 amide bonds. The topological polar surface area (TPSA) is 59.0 Å². The molecule has 0 radical (unpaired) electrons. The maximum atomic E-state index is 12.4. The van der Waals surface area contributed by atoms with Gasteiger partial charge in [0.1, 0.15) is 6.04 Å². The van der Waals surface area contributed by atoms with Gasteiger partial charge in [-0.05, 0) is 18.1 Å². The van der Waals surface area contributed by atoms with Crippen LogP contribution >= 0.6 is 0 Å². The summed E-state index contributed by atoms with van der Waals surface area (Å²) in [6, 6.07) is 7.82. The molecule has 0 bridgehead atoms. The van der Waals surface area contributed by atoms with E-state index >= 15 is 0 Å². The highest BCUT2D eigenvalue weighted by Gasteiger charge is 2.26. The van der Waals surface area contributed by atoms with Crippen LogP contribution < -0.4 is 10.6 Å². The quantitative estimate of drug-likeness (QED) is 0.896. The average Bonchev–Trinajstić information content (AvgIpc) is 3.01. The van der Waals surface area contributed by atoms with Gasteiger partial charge in [-0.25, -0.2) is 0 Å². The minimum Gasteiger partial charge on any atom is -0.373 e. The second-order valence-corrected chi connectivity index (χ2v) is 5.06. The number of amides is 1. The molecule has 0 fully saturated rings. The van der Waals surface area contributed by atoms with Crippen molar-refractivity contribution < 1.29 is 4.79 Å². The summed E-state index contributed by atoms with van der Waals surface area (Å²) in [4.78, 5) is 12.4. The van der Waals surface area contributed by atoms with E-state index < -0.39 is 0 Å². The van der Waals surface area contributed by atoms with Crippen LogP contribution in [0.1, 0.15) is 18.2 Å². The van der Waals surface area contributed by atoms with E-state index in [1.807, 2.05) is 38.4 Å². The van der Waals surface area contributed by atoms with Crippen LogP contribution in [0.5, 0.6) is 0 Å². The number of fused-ring (bicyclic) bond motifs is 1. The first-order valence-corrected chi connectivity index (χ1v) is 6.85. The number of carbonyl (C=O) groups excluding carboxylic acids is 1. The summed E-state index contributed by atoms with van der Waals surface area (Å²) in [6.45, 7) is 2.03. The van der Waals surface area contributed by atoms with Crippen LogP contribution in [0.15, 0.2) is 30.5 Å². The molecular formula is C15H18N4O. The molecule has 3 rings (SSSR count). The Morgan fingerprint density at radius 1 is 1.50 bits per heavy atom. The number of nitrogens with zero attached hydrogens (tertiary/aromatic N) is 2. The Labute approximate surface area is 118 Å². The summed E-state index contributed by atoms with van der Waals surface area (Å²) in [5.74, 6) is -0.0103. The zero-order valence-electron chi connectivity index (χ0n) is 11.7. The highest BCUT2D eigenvalue weighted by atomic mass is 16.2. The van der Waals surface area contributed by atoms with Crippen molar-refractivity contribution in [2.24, 2.45) is 7.05 Å². The second kappa shape index (κ2) is 5.00.